The van der Waals surface area contributed by atoms with Crippen molar-refractivity contribution < 1.29 is 13.5 Å². The lowest BCUT2D eigenvalue weighted by atomic mass is 10.1. The van der Waals surface area contributed by atoms with Crippen molar-refractivity contribution in [2.45, 2.75) is 6.92 Å². The van der Waals surface area contributed by atoms with Crippen LogP contribution in [0.25, 0.3) is 0 Å². The molecule has 0 saturated carbocycles. The van der Waals surface area contributed by atoms with Crippen LogP contribution in [-0.4, -0.2) is 27.2 Å². The van der Waals surface area contributed by atoms with Crippen LogP contribution < -0.4 is 9.44 Å². The maximum absolute atomic E-state index is 11.3. The summed E-state index contributed by atoms with van der Waals surface area (Å²) in [4.78, 5) is 0. The van der Waals surface area contributed by atoms with E-state index in [0.29, 0.717) is 5.69 Å². The highest BCUT2D eigenvalue weighted by molar-refractivity contribution is 7.90. The molecule has 0 amide bonds. The van der Waals surface area contributed by atoms with Gasteiger partial charge in [0.05, 0.1) is 5.69 Å². The van der Waals surface area contributed by atoms with E-state index >= 15 is 0 Å². The van der Waals surface area contributed by atoms with E-state index < -0.39 is 10.2 Å². The second-order valence-electron chi connectivity index (χ2n) is 3.30. The third-order valence-corrected chi connectivity index (χ3v) is 3.09. The van der Waals surface area contributed by atoms with Gasteiger partial charge in [-0.3, -0.25) is 4.72 Å². The van der Waals surface area contributed by atoms with Gasteiger partial charge in [-0.15, -0.1) is 0 Å². The lowest BCUT2D eigenvalue weighted by molar-refractivity contribution is 0.350. The van der Waals surface area contributed by atoms with E-state index in [1.165, 1.54) is 7.05 Å². The molecule has 0 radical (unpaired) electrons. The normalized spacial score (nSPS) is 10.5. The Bertz CT molecular complexity index is 556. The van der Waals surface area contributed by atoms with Gasteiger partial charge in [-0.2, -0.15) is 8.42 Å². The summed E-state index contributed by atoms with van der Waals surface area (Å²) in [6.07, 6.45) is 0. The van der Waals surface area contributed by atoms with Gasteiger partial charge in [0.25, 0.3) is 10.2 Å². The van der Waals surface area contributed by atoms with Crippen LogP contribution in [-0.2, 0) is 10.2 Å². The maximum atomic E-state index is 11.3. The molecule has 1 rings (SSSR count). The maximum Gasteiger partial charge on any atom is 0.298 e. The van der Waals surface area contributed by atoms with E-state index in [4.69, 9.17) is 5.11 Å². The Labute approximate surface area is 101 Å². The topological polar surface area (TPSA) is 78.4 Å². The summed E-state index contributed by atoms with van der Waals surface area (Å²) >= 11 is 0. The molecular weight excluding hydrogens is 240 g/mol. The Kier molecular flexibility index (Phi) is 4.52. The number of aliphatic hydroxyl groups is 1. The third-order valence-electron chi connectivity index (χ3n) is 2.05. The number of anilines is 1. The zero-order valence-corrected chi connectivity index (χ0v) is 10.4. The zero-order chi connectivity index (χ0) is 12.9. The van der Waals surface area contributed by atoms with Gasteiger partial charge in [0.15, 0.2) is 0 Å². The van der Waals surface area contributed by atoms with Crippen LogP contribution in [0.4, 0.5) is 5.69 Å². The average molecular weight is 254 g/mol. The van der Waals surface area contributed by atoms with Crippen molar-refractivity contribution in [1.29, 1.82) is 0 Å². The van der Waals surface area contributed by atoms with E-state index in [9.17, 15) is 8.42 Å². The van der Waals surface area contributed by atoms with Crippen molar-refractivity contribution in [1.82, 2.24) is 4.72 Å². The molecule has 1 aromatic rings. The summed E-state index contributed by atoms with van der Waals surface area (Å²) < 4.78 is 27.0. The Morgan fingerprint density at radius 2 is 2.12 bits per heavy atom. The summed E-state index contributed by atoms with van der Waals surface area (Å²) in [7, 11) is -2.17. The highest BCUT2D eigenvalue weighted by Crippen LogP contribution is 2.15. The molecule has 0 spiro atoms. The van der Waals surface area contributed by atoms with Crippen molar-refractivity contribution >= 4 is 15.9 Å². The molecule has 0 unspecified atom stereocenters. The van der Waals surface area contributed by atoms with Crippen LogP contribution in [0.3, 0.4) is 0 Å². The molecule has 0 bridgehead atoms. The van der Waals surface area contributed by atoms with Gasteiger partial charge in [0.1, 0.15) is 6.61 Å². The lowest BCUT2D eigenvalue weighted by Crippen LogP contribution is -2.26. The van der Waals surface area contributed by atoms with E-state index in [1.54, 1.807) is 18.2 Å². The SMILES string of the molecule is CNS(=O)(=O)Nc1ccc(C#CCO)c(C)c1. The molecule has 0 saturated heterocycles. The molecule has 1 aromatic carbocycles. The van der Waals surface area contributed by atoms with Gasteiger partial charge in [-0.25, -0.2) is 4.72 Å². The Morgan fingerprint density at radius 3 is 2.65 bits per heavy atom. The molecule has 17 heavy (non-hydrogen) atoms. The molecule has 0 heterocycles. The first-order valence-electron chi connectivity index (χ1n) is 4.90. The van der Waals surface area contributed by atoms with Crippen LogP contribution >= 0.6 is 0 Å². The van der Waals surface area contributed by atoms with Crippen molar-refractivity contribution in [3.8, 4) is 11.8 Å². The van der Waals surface area contributed by atoms with E-state index in [-0.39, 0.29) is 6.61 Å². The van der Waals surface area contributed by atoms with Gasteiger partial charge in [-0.05, 0) is 30.7 Å². The number of hydrogen-bond donors (Lipinski definition) is 3. The first-order chi connectivity index (χ1) is 7.98. The quantitative estimate of drug-likeness (QED) is 0.675. The minimum absolute atomic E-state index is 0.201. The standard InChI is InChI=1S/C11H14N2O3S/c1-9-8-11(13-17(15,16)12-2)6-5-10(9)4-3-7-14/h5-6,8,12-14H,7H2,1-2H3. The summed E-state index contributed by atoms with van der Waals surface area (Å²) in [5.74, 6) is 5.31. The first kappa shape index (κ1) is 13.5. The molecule has 92 valence electrons. The molecular formula is C11H14N2O3S. The number of aliphatic hydroxyl groups excluding tert-OH is 1. The minimum atomic E-state index is -3.50. The van der Waals surface area contributed by atoms with Crippen molar-refractivity contribution in [2.75, 3.05) is 18.4 Å². The van der Waals surface area contributed by atoms with Crippen LogP contribution in [0.2, 0.25) is 0 Å². The third kappa shape index (κ3) is 4.07. The molecule has 0 atom stereocenters. The smallest absolute Gasteiger partial charge is 0.298 e. The fourth-order valence-electron chi connectivity index (χ4n) is 1.21. The molecule has 6 heteroatoms. The largest absolute Gasteiger partial charge is 0.384 e. The number of nitrogens with one attached hydrogen (secondary N) is 2. The van der Waals surface area contributed by atoms with Gasteiger partial charge >= 0.3 is 0 Å². The summed E-state index contributed by atoms with van der Waals surface area (Å²) in [5, 5.41) is 8.58. The fourth-order valence-corrected chi connectivity index (χ4v) is 1.75. The van der Waals surface area contributed by atoms with Crippen LogP contribution in [0.5, 0.6) is 0 Å². The Morgan fingerprint density at radius 1 is 1.41 bits per heavy atom. The number of benzene rings is 1. The summed E-state index contributed by atoms with van der Waals surface area (Å²) in [5.41, 5.74) is 2.06. The second-order valence-corrected chi connectivity index (χ2v) is 4.92. The van der Waals surface area contributed by atoms with E-state index in [0.717, 1.165) is 11.1 Å². The van der Waals surface area contributed by atoms with Gasteiger partial charge in [0, 0.05) is 12.6 Å². The molecule has 5 nitrogen and oxygen atoms in total. The van der Waals surface area contributed by atoms with E-state index in [2.05, 4.69) is 21.3 Å². The van der Waals surface area contributed by atoms with Gasteiger partial charge < -0.3 is 5.11 Å². The fraction of sp³-hybridized carbons (Fsp3) is 0.273. The predicted molar refractivity (Wildman–Crippen MR) is 66.7 cm³/mol. The molecule has 0 aromatic heterocycles. The summed E-state index contributed by atoms with van der Waals surface area (Å²) in [6, 6.07) is 4.99. The van der Waals surface area contributed by atoms with Crippen LogP contribution in [0.15, 0.2) is 18.2 Å². The van der Waals surface area contributed by atoms with Gasteiger partial charge in [-0.1, -0.05) is 11.8 Å². The molecule has 3 N–H and O–H groups in total. The molecule has 0 fully saturated rings. The van der Waals surface area contributed by atoms with Crippen LogP contribution in [0, 0.1) is 18.8 Å². The highest BCUT2D eigenvalue weighted by atomic mass is 32.2. The molecule has 0 aliphatic carbocycles. The minimum Gasteiger partial charge on any atom is -0.384 e. The van der Waals surface area contributed by atoms with E-state index in [1.807, 2.05) is 6.92 Å². The predicted octanol–water partition coefficient (Wildman–Crippen LogP) is 0.215. The zero-order valence-electron chi connectivity index (χ0n) is 9.61. The van der Waals surface area contributed by atoms with Crippen molar-refractivity contribution in [2.24, 2.45) is 0 Å². The van der Waals surface area contributed by atoms with Gasteiger partial charge in [0.2, 0.25) is 0 Å². The Hall–Kier alpha value is -1.55. The number of hydrogen-bond acceptors (Lipinski definition) is 3. The monoisotopic (exact) mass is 254 g/mol. The molecule has 0 aliphatic rings. The van der Waals surface area contributed by atoms with Crippen LogP contribution in [0.1, 0.15) is 11.1 Å². The lowest BCUT2D eigenvalue weighted by Gasteiger charge is -2.07. The van der Waals surface area contributed by atoms with Crippen molar-refractivity contribution in [3.63, 3.8) is 0 Å². The summed E-state index contributed by atoms with van der Waals surface area (Å²) in [6.45, 7) is 1.62. The second kappa shape index (κ2) is 5.68. The molecule has 0 aliphatic heterocycles. The highest BCUT2D eigenvalue weighted by Gasteiger charge is 2.06. The van der Waals surface area contributed by atoms with Crippen molar-refractivity contribution in [3.05, 3.63) is 29.3 Å². The first-order valence-corrected chi connectivity index (χ1v) is 6.38. The average Bonchev–Trinajstić information content (AvgIpc) is 2.27. The number of rotatable bonds is 3. The Balaban J connectivity index is 2.97. The number of aryl methyl sites for hydroxylation is 1.